The van der Waals surface area contributed by atoms with Gasteiger partial charge in [-0.25, -0.2) is 9.37 Å². The van der Waals surface area contributed by atoms with Crippen molar-refractivity contribution in [1.82, 2.24) is 25.1 Å². The number of carbonyl (C=O) groups excluding carboxylic acids is 3. The number of piperidine rings is 1. The van der Waals surface area contributed by atoms with Crippen LogP contribution in [0, 0.1) is 5.82 Å². The standard InChI is InChI=1S/C34H34FN5O7/c1-45-29-8-6-21-7-9-31(41)36-16-22-12-23(35)15-24(13-22)47-28-10-11-39(17-27(28)38-32(42)19-46-30(29)14-21)33(43)18-40-20-37-26-5-3-2-4-25(26)34(40)44/h2-6,8,12-15,20,27-28H,7,9-11,16-19H2,1H3,(H,36,41)(H,38,42)/t27-,28-/m1/s1. The molecule has 0 saturated carbocycles. The fourth-order valence-electron chi connectivity index (χ4n) is 5.79. The van der Waals surface area contributed by atoms with E-state index in [1.807, 2.05) is 6.07 Å². The van der Waals surface area contributed by atoms with Crippen molar-refractivity contribution in [3.05, 3.63) is 94.3 Å². The summed E-state index contributed by atoms with van der Waals surface area (Å²) in [5.74, 6) is -0.565. The van der Waals surface area contributed by atoms with Gasteiger partial charge in [0, 0.05) is 38.5 Å². The van der Waals surface area contributed by atoms with E-state index in [-0.39, 0.29) is 62.3 Å². The lowest BCUT2D eigenvalue weighted by Crippen LogP contribution is -2.59. The smallest absolute Gasteiger partial charge is 0.261 e. The number of likely N-dealkylation sites (tertiary alicyclic amines) is 1. The first-order valence-corrected chi connectivity index (χ1v) is 15.3. The Kier molecular flexibility index (Phi) is 9.32. The van der Waals surface area contributed by atoms with Crippen molar-refractivity contribution in [2.24, 2.45) is 0 Å². The van der Waals surface area contributed by atoms with Crippen LogP contribution in [0.25, 0.3) is 10.9 Å². The zero-order valence-corrected chi connectivity index (χ0v) is 25.7. The molecule has 3 heterocycles. The number of aryl methyl sites for hydroxylation is 1. The van der Waals surface area contributed by atoms with Gasteiger partial charge in [0.15, 0.2) is 18.1 Å². The average Bonchev–Trinajstić information content (AvgIpc) is 3.07. The summed E-state index contributed by atoms with van der Waals surface area (Å²) in [4.78, 5) is 58.1. The quantitative estimate of drug-likeness (QED) is 0.347. The second kappa shape index (κ2) is 13.9. The summed E-state index contributed by atoms with van der Waals surface area (Å²) in [6.45, 7) is -0.159. The lowest BCUT2D eigenvalue weighted by molar-refractivity contribution is -0.136. The molecular weight excluding hydrogens is 609 g/mol. The van der Waals surface area contributed by atoms with Crippen LogP contribution in [-0.2, 0) is 33.9 Å². The summed E-state index contributed by atoms with van der Waals surface area (Å²) >= 11 is 0. The fraction of sp³-hybridized carbons (Fsp3) is 0.324. The molecule has 4 aromatic rings. The van der Waals surface area contributed by atoms with E-state index in [9.17, 15) is 23.6 Å². The molecule has 2 aliphatic rings. The van der Waals surface area contributed by atoms with Gasteiger partial charge in [0.25, 0.3) is 11.5 Å². The molecule has 0 unspecified atom stereocenters. The number of ether oxygens (including phenoxy) is 3. The monoisotopic (exact) mass is 643 g/mol. The second-order valence-electron chi connectivity index (χ2n) is 11.5. The van der Waals surface area contributed by atoms with Crippen LogP contribution in [0.3, 0.4) is 0 Å². The summed E-state index contributed by atoms with van der Waals surface area (Å²) in [7, 11) is 1.49. The van der Waals surface area contributed by atoms with Gasteiger partial charge in [0.1, 0.15) is 24.2 Å². The first-order valence-electron chi connectivity index (χ1n) is 15.3. The van der Waals surface area contributed by atoms with Crippen LogP contribution in [0.4, 0.5) is 4.39 Å². The number of nitrogens with zero attached hydrogens (tertiary/aromatic N) is 3. The first kappa shape index (κ1) is 31.5. The molecule has 2 N–H and O–H groups in total. The van der Waals surface area contributed by atoms with Crippen molar-refractivity contribution < 1.29 is 33.0 Å². The largest absolute Gasteiger partial charge is 0.493 e. The van der Waals surface area contributed by atoms with E-state index in [0.29, 0.717) is 40.8 Å². The molecule has 244 valence electrons. The molecule has 13 heteroatoms. The Balaban J connectivity index is 1.24. The molecule has 3 amide bonds. The fourth-order valence-corrected chi connectivity index (χ4v) is 5.79. The molecular formula is C34H34FN5O7. The van der Waals surface area contributed by atoms with Gasteiger partial charge in [-0.1, -0.05) is 18.2 Å². The van der Waals surface area contributed by atoms with E-state index in [1.54, 1.807) is 47.4 Å². The minimum atomic E-state index is -0.700. The molecule has 12 nitrogen and oxygen atoms in total. The molecule has 1 aromatic heterocycles. The minimum Gasteiger partial charge on any atom is -0.493 e. The highest BCUT2D eigenvalue weighted by molar-refractivity contribution is 5.80. The summed E-state index contributed by atoms with van der Waals surface area (Å²) < 4.78 is 33.3. The molecule has 47 heavy (non-hydrogen) atoms. The number of hydrogen-bond acceptors (Lipinski definition) is 8. The highest BCUT2D eigenvalue weighted by atomic mass is 19.1. The Labute approximate surface area is 269 Å². The van der Waals surface area contributed by atoms with Crippen LogP contribution in [0.15, 0.2) is 71.8 Å². The van der Waals surface area contributed by atoms with Crippen LogP contribution >= 0.6 is 0 Å². The third-order valence-corrected chi connectivity index (χ3v) is 8.22. The molecule has 6 rings (SSSR count). The van der Waals surface area contributed by atoms with Crippen molar-refractivity contribution >= 4 is 28.6 Å². The Bertz CT molecular complexity index is 1880. The van der Waals surface area contributed by atoms with Crippen molar-refractivity contribution in [2.45, 2.75) is 44.5 Å². The minimum absolute atomic E-state index is 0.0715. The number of para-hydroxylation sites is 1. The van der Waals surface area contributed by atoms with Gasteiger partial charge in [-0.2, -0.15) is 0 Å². The van der Waals surface area contributed by atoms with E-state index in [4.69, 9.17) is 14.2 Å². The van der Waals surface area contributed by atoms with Gasteiger partial charge in [0.05, 0.1) is 30.4 Å². The van der Waals surface area contributed by atoms with Crippen LogP contribution in [-0.4, -0.2) is 71.1 Å². The molecule has 1 fully saturated rings. The number of hydrogen-bond donors (Lipinski definition) is 2. The van der Waals surface area contributed by atoms with Gasteiger partial charge in [-0.3, -0.25) is 23.7 Å². The van der Waals surface area contributed by atoms with E-state index >= 15 is 0 Å². The van der Waals surface area contributed by atoms with Crippen LogP contribution in [0.5, 0.6) is 17.2 Å². The summed E-state index contributed by atoms with van der Waals surface area (Å²) in [5.41, 5.74) is 1.52. The predicted octanol–water partition coefficient (Wildman–Crippen LogP) is 2.35. The Morgan fingerprint density at radius 1 is 1.04 bits per heavy atom. The van der Waals surface area contributed by atoms with Gasteiger partial charge in [-0.05, 0) is 53.9 Å². The normalized spacial score (nSPS) is 18.8. The molecule has 2 aliphatic heterocycles. The molecule has 4 bridgehead atoms. The number of fused-ring (bicyclic) bond motifs is 6. The van der Waals surface area contributed by atoms with Crippen molar-refractivity contribution in [3.63, 3.8) is 0 Å². The van der Waals surface area contributed by atoms with Gasteiger partial charge < -0.3 is 29.7 Å². The van der Waals surface area contributed by atoms with Gasteiger partial charge in [0.2, 0.25) is 11.8 Å². The predicted molar refractivity (Wildman–Crippen MR) is 169 cm³/mol. The molecule has 1 saturated heterocycles. The van der Waals surface area contributed by atoms with Crippen LogP contribution in [0.1, 0.15) is 24.0 Å². The number of aromatic nitrogens is 2. The maximum atomic E-state index is 14.6. The van der Waals surface area contributed by atoms with Crippen LogP contribution in [0.2, 0.25) is 0 Å². The number of nitrogens with one attached hydrogen (secondary N) is 2. The van der Waals surface area contributed by atoms with E-state index < -0.39 is 23.9 Å². The van der Waals surface area contributed by atoms with Crippen molar-refractivity contribution in [2.75, 3.05) is 26.8 Å². The zero-order chi connectivity index (χ0) is 32.9. The van der Waals surface area contributed by atoms with Gasteiger partial charge >= 0.3 is 0 Å². The summed E-state index contributed by atoms with van der Waals surface area (Å²) in [6, 6.07) is 15.6. The van der Waals surface area contributed by atoms with Crippen molar-refractivity contribution in [3.8, 4) is 17.2 Å². The maximum absolute atomic E-state index is 14.6. The van der Waals surface area contributed by atoms with E-state index in [2.05, 4.69) is 15.6 Å². The molecule has 0 radical (unpaired) electrons. The Morgan fingerprint density at radius 3 is 2.74 bits per heavy atom. The number of halogens is 1. The van der Waals surface area contributed by atoms with E-state index in [0.717, 1.165) is 5.56 Å². The highest BCUT2D eigenvalue weighted by Gasteiger charge is 2.34. The second-order valence-corrected chi connectivity index (χ2v) is 11.5. The third kappa shape index (κ3) is 7.51. The number of methoxy groups -OCH3 is 1. The number of amides is 3. The molecule has 0 spiro atoms. The Hall–Kier alpha value is -5.46. The molecule has 2 atom stereocenters. The maximum Gasteiger partial charge on any atom is 0.261 e. The SMILES string of the molecule is COc1ccc2cc1OCC(=O)N[C@@H]1CN(C(=O)Cn3cnc4ccccc4c3=O)CC[C@H]1Oc1cc(F)cc(c1)CNC(=O)CC2. The number of benzene rings is 3. The summed E-state index contributed by atoms with van der Waals surface area (Å²) in [6.07, 6.45) is 1.62. The Morgan fingerprint density at radius 2 is 1.89 bits per heavy atom. The zero-order valence-electron chi connectivity index (χ0n) is 25.7. The third-order valence-electron chi connectivity index (χ3n) is 8.22. The first-order chi connectivity index (χ1) is 22.7. The average molecular weight is 644 g/mol. The van der Waals surface area contributed by atoms with E-state index in [1.165, 1.54) is 30.1 Å². The van der Waals surface area contributed by atoms with Crippen molar-refractivity contribution in [1.29, 1.82) is 0 Å². The number of rotatable bonds is 3. The molecule has 0 aliphatic carbocycles. The lowest BCUT2D eigenvalue weighted by atomic mass is 10.0. The summed E-state index contributed by atoms with van der Waals surface area (Å²) in [5, 5.41) is 6.15. The van der Waals surface area contributed by atoms with Gasteiger partial charge in [-0.15, -0.1) is 0 Å². The number of carbonyl (C=O) groups is 3. The highest BCUT2D eigenvalue weighted by Crippen LogP contribution is 2.29. The molecule has 3 aromatic carbocycles. The topological polar surface area (TPSA) is 141 Å². The van der Waals surface area contributed by atoms with Crippen LogP contribution < -0.4 is 30.4 Å². The lowest BCUT2D eigenvalue weighted by Gasteiger charge is -2.39.